The SMILES string of the molecule is COC[C@H](C)n1c(C)cc(C(=O)COC(=O)CN2C(=O)c3ccccc3C2=O)c1C. The van der Waals surface area contributed by atoms with Crippen LogP contribution < -0.4 is 0 Å². The van der Waals surface area contributed by atoms with Crippen molar-refractivity contribution in [1.82, 2.24) is 9.47 Å². The highest BCUT2D eigenvalue weighted by molar-refractivity contribution is 6.22. The van der Waals surface area contributed by atoms with Gasteiger partial charge in [0.1, 0.15) is 6.54 Å². The number of ether oxygens (including phenoxy) is 2. The first-order chi connectivity index (χ1) is 14.3. The Morgan fingerprint density at radius 2 is 1.67 bits per heavy atom. The van der Waals surface area contributed by atoms with Crippen LogP contribution in [0.15, 0.2) is 30.3 Å². The second-order valence-corrected chi connectivity index (χ2v) is 7.29. The van der Waals surface area contributed by atoms with Gasteiger partial charge in [0.15, 0.2) is 6.61 Å². The molecule has 0 bridgehead atoms. The Labute approximate surface area is 174 Å². The molecule has 1 atom stereocenters. The van der Waals surface area contributed by atoms with Crippen LogP contribution in [0.3, 0.4) is 0 Å². The zero-order valence-electron chi connectivity index (χ0n) is 17.4. The maximum atomic E-state index is 12.6. The highest BCUT2D eigenvalue weighted by Crippen LogP contribution is 2.23. The minimum absolute atomic E-state index is 0.0490. The normalized spacial score (nSPS) is 14.1. The molecular formula is C22H24N2O6. The van der Waals surface area contributed by atoms with Crippen molar-refractivity contribution in [2.75, 3.05) is 26.9 Å². The van der Waals surface area contributed by atoms with Crippen molar-refractivity contribution in [3.63, 3.8) is 0 Å². The summed E-state index contributed by atoms with van der Waals surface area (Å²) in [5.41, 5.74) is 2.63. The molecule has 2 amide bonds. The molecule has 30 heavy (non-hydrogen) atoms. The molecule has 1 aromatic carbocycles. The lowest BCUT2D eigenvalue weighted by atomic mass is 10.1. The number of hydrogen-bond acceptors (Lipinski definition) is 6. The minimum Gasteiger partial charge on any atom is -0.456 e. The minimum atomic E-state index is -0.820. The fraction of sp³-hybridized carbons (Fsp3) is 0.364. The molecule has 2 aromatic rings. The van der Waals surface area contributed by atoms with Gasteiger partial charge in [-0.15, -0.1) is 0 Å². The van der Waals surface area contributed by atoms with Gasteiger partial charge in [0, 0.05) is 24.1 Å². The highest BCUT2D eigenvalue weighted by Gasteiger charge is 2.36. The summed E-state index contributed by atoms with van der Waals surface area (Å²) in [7, 11) is 1.62. The fourth-order valence-corrected chi connectivity index (χ4v) is 3.83. The number of aryl methyl sites for hydroxylation is 1. The molecule has 158 valence electrons. The highest BCUT2D eigenvalue weighted by atomic mass is 16.5. The van der Waals surface area contributed by atoms with Gasteiger partial charge in [0.05, 0.1) is 23.8 Å². The van der Waals surface area contributed by atoms with Crippen molar-refractivity contribution < 1.29 is 28.7 Å². The van der Waals surface area contributed by atoms with Crippen molar-refractivity contribution in [2.45, 2.75) is 26.8 Å². The number of amides is 2. The maximum absolute atomic E-state index is 12.6. The molecule has 0 fully saturated rings. The molecule has 1 aromatic heterocycles. The fourth-order valence-electron chi connectivity index (χ4n) is 3.83. The van der Waals surface area contributed by atoms with E-state index in [0.29, 0.717) is 12.2 Å². The van der Waals surface area contributed by atoms with E-state index in [-0.39, 0.29) is 23.0 Å². The number of hydrogen-bond donors (Lipinski definition) is 0. The summed E-state index contributed by atoms with van der Waals surface area (Å²) < 4.78 is 12.2. The van der Waals surface area contributed by atoms with Crippen LogP contribution >= 0.6 is 0 Å². The second-order valence-electron chi connectivity index (χ2n) is 7.29. The number of esters is 1. The lowest BCUT2D eigenvalue weighted by Crippen LogP contribution is -2.36. The maximum Gasteiger partial charge on any atom is 0.326 e. The van der Waals surface area contributed by atoms with E-state index >= 15 is 0 Å². The van der Waals surface area contributed by atoms with Crippen LogP contribution in [0.25, 0.3) is 0 Å². The van der Waals surface area contributed by atoms with Gasteiger partial charge in [-0.25, -0.2) is 0 Å². The number of methoxy groups -OCH3 is 1. The Morgan fingerprint density at radius 3 is 2.23 bits per heavy atom. The Kier molecular flexibility index (Phi) is 6.17. The molecule has 0 aliphatic carbocycles. The molecule has 0 N–H and O–H groups in total. The molecule has 8 nitrogen and oxygen atoms in total. The van der Waals surface area contributed by atoms with Crippen LogP contribution in [0, 0.1) is 13.8 Å². The molecule has 2 heterocycles. The summed E-state index contributed by atoms with van der Waals surface area (Å²) in [4.78, 5) is 50.2. The second kappa shape index (κ2) is 8.62. The first-order valence-electron chi connectivity index (χ1n) is 9.57. The molecule has 0 unspecified atom stereocenters. The van der Waals surface area contributed by atoms with Crippen LogP contribution in [0.2, 0.25) is 0 Å². The summed E-state index contributed by atoms with van der Waals surface area (Å²) in [6.07, 6.45) is 0. The van der Waals surface area contributed by atoms with E-state index < -0.39 is 30.9 Å². The number of ketones is 1. The van der Waals surface area contributed by atoms with Crippen LogP contribution in [0.1, 0.15) is 55.4 Å². The van der Waals surface area contributed by atoms with Gasteiger partial charge < -0.3 is 14.0 Å². The van der Waals surface area contributed by atoms with Crippen molar-refractivity contribution in [3.8, 4) is 0 Å². The van der Waals surface area contributed by atoms with Crippen molar-refractivity contribution in [2.24, 2.45) is 0 Å². The third-order valence-electron chi connectivity index (χ3n) is 5.16. The average molecular weight is 412 g/mol. The van der Waals surface area contributed by atoms with Gasteiger partial charge in [-0.05, 0) is 39.0 Å². The Bertz CT molecular complexity index is 988. The lowest BCUT2D eigenvalue weighted by Gasteiger charge is -2.17. The van der Waals surface area contributed by atoms with Crippen molar-refractivity contribution in [1.29, 1.82) is 0 Å². The molecule has 8 heteroatoms. The average Bonchev–Trinajstić information content (AvgIpc) is 3.15. The number of aromatic nitrogens is 1. The number of carbonyl (C=O) groups is 4. The smallest absolute Gasteiger partial charge is 0.326 e. The van der Waals surface area contributed by atoms with Gasteiger partial charge >= 0.3 is 5.97 Å². The summed E-state index contributed by atoms with van der Waals surface area (Å²) in [5.74, 6) is -2.27. The number of benzene rings is 1. The Hall–Kier alpha value is -3.26. The number of nitrogens with zero attached hydrogens (tertiary/aromatic N) is 2. The predicted octanol–water partition coefficient (Wildman–Crippen LogP) is 2.33. The number of rotatable bonds is 8. The topological polar surface area (TPSA) is 94.9 Å². The van der Waals surface area contributed by atoms with Crippen LogP contribution in [-0.2, 0) is 14.3 Å². The van der Waals surface area contributed by atoms with Crippen molar-refractivity contribution in [3.05, 3.63) is 58.4 Å². The summed E-state index contributed by atoms with van der Waals surface area (Å²) in [6, 6.07) is 8.16. The molecule has 0 saturated carbocycles. The van der Waals surface area contributed by atoms with Crippen LogP contribution in [0.4, 0.5) is 0 Å². The van der Waals surface area contributed by atoms with E-state index in [0.717, 1.165) is 16.3 Å². The van der Waals surface area contributed by atoms with E-state index in [9.17, 15) is 19.2 Å². The quantitative estimate of drug-likeness (QED) is 0.375. The molecular weight excluding hydrogens is 388 g/mol. The standard InChI is InChI=1S/C22H24N2O6/c1-13-9-18(15(3)24(13)14(2)11-29-4)19(25)12-30-20(26)10-23-21(27)16-7-5-6-8-17(16)22(23)28/h5-9,14H,10-12H2,1-4H3/t14-/m0/s1. The first-order valence-corrected chi connectivity index (χ1v) is 9.57. The van der Waals surface area contributed by atoms with E-state index in [4.69, 9.17) is 9.47 Å². The number of fused-ring (bicyclic) bond motifs is 1. The van der Waals surface area contributed by atoms with Gasteiger partial charge in [-0.3, -0.25) is 24.1 Å². The van der Waals surface area contributed by atoms with Crippen LogP contribution in [-0.4, -0.2) is 59.9 Å². The Balaban J connectivity index is 1.62. The van der Waals surface area contributed by atoms with E-state index in [1.54, 1.807) is 25.3 Å². The summed E-state index contributed by atoms with van der Waals surface area (Å²) in [6.45, 7) is 5.20. The third kappa shape index (κ3) is 3.91. The van der Waals surface area contributed by atoms with Crippen LogP contribution in [0.5, 0.6) is 0 Å². The summed E-state index contributed by atoms with van der Waals surface area (Å²) >= 11 is 0. The summed E-state index contributed by atoms with van der Waals surface area (Å²) in [5, 5.41) is 0. The predicted molar refractivity (Wildman–Crippen MR) is 108 cm³/mol. The zero-order chi connectivity index (χ0) is 22.0. The number of imide groups is 1. The Morgan fingerprint density at radius 1 is 1.07 bits per heavy atom. The van der Waals surface area contributed by atoms with Gasteiger partial charge in [-0.1, -0.05) is 12.1 Å². The van der Waals surface area contributed by atoms with E-state index in [1.807, 2.05) is 25.3 Å². The zero-order valence-corrected chi connectivity index (χ0v) is 17.4. The van der Waals surface area contributed by atoms with Crippen molar-refractivity contribution >= 4 is 23.6 Å². The number of carbonyl (C=O) groups excluding carboxylic acids is 4. The molecule has 1 aliphatic rings. The molecule has 0 radical (unpaired) electrons. The van der Waals surface area contributed by atoms with Gasteiger partial charge in [0.2, 0.25) is 5.78 Å². The third-order valence-corrected chi connectivity index (χ3v) is 5.16. The molecule has 3 rings (SSSR count). The van der Waals surface area contributed by atoms with Gasteiger partial charge in [0.25, 0.3) is 11.8 Å². The lowest BCUT2D eigenvalue weighted by molar-refractivity contribution is -0.142. The molecule has 0 saturated heterocycles. The molecule has 1 aliphatic heterocycles. The monoisotopic (exact) mass is 412 g/mol. The van der Waals surface area contributed by atoms with E-state index in [1.165, 1.54) is 12.1 Å². The molecule has 0 spiro atoms. The first kappa shape index (κ1) is 21.4. The number of Topliss-reactive ketones (excluding diaryl/α,β-unsaturated/α-hetero) is 1. The van der Waals surface area contributed by atoms with E-state index in [2.05, 4.69) is 0 Å². The van der Waals surface area contributed by atoms with Gasteiger partial charge in [-0.2, -0.15) is 0 Å². The largest absolute Gasteiger partial charge is 0.456 e.